The van der Waals surface area contributed by atoms with Crippen LogP contribution in [0.1, 0.15) is 19.3 Å². The second-order valence-corrected chi connectivity index (χ2v) is 9.62. The molecule has 23 heavy (non-hydrogen) atoms. The van der Waals surface area contributed by atoms with Crippen molar-refractivity contribution in [3.05, 3.63) is 91.0 Å². The van der Waals surface area contributed by atoms with Gasteiger partial charge < -0.3 is 0 Å². The Labute approximate surface area is 138 Å². The second-order valence-electron chi connectivity index (χ2n) is 6.10. The van der Waals surface area contributed by atoms with Crippen molar-refractivity contribution in [2.24, 2.45) is 0 Å². The van der Waals surface area contributed by atoms with Crippen molar-refractivity contribution in [3.8, 4) is 0 Å². The smallest absolute Gasteiger partial charge is 0.0161 e. The third-order valence-electron chi connectivity index (χ3n) is 4.84. The van der Waals surface area contributed by atoms with E-state index in [0.29, 0.717) is 0 Å². The number of hydrogen-bond donors (Lipinski definition) is 0. The molecule has 0 atom stereocenters. The summed E-state index contributed by atoms with van der Waals surface area (Å²) < 4.78 is 0. The molecule has 114 valence electrons. The molecule has 4 rings (SSSR count). The molecule has 0 nitrogen and oxygen atoms in total. The average Bonchev–Trinajstić information content (AvgIpc) is 2.60. The molecule has 1 heteroatoms. The minimum absolute atomic E-state index is 1.27. The molecule has 0 saturated heterocycles. The Kier molecular flexibility index (Phi) is 3.93. The summed E-state index contributed by atoms with van der Waals surface area (Å²) in [5, 5.41) is 6.23. The Morgan fingerprint density at radius 1 is 0.478 bits per heavy atom. The summed E-state index contributed by atoms with van der Waals surface area (Å²) in [7, 11) is 0. The van der Waals surface area contributed by atoms with Crippen LogP contribution >= 0.6 is 6.89 Å². The van der Waals surface area contributed by atoms with Gasteiger partial charge in [0.05, 0.1) is 0 Å². The van der Waals surface area contributed by atoms with Crippen LogP contribution in [0, 0.1) is 0 Å². The zero-order valence-electron chi connectivity index (χ0n) is 13.2. The molecular weight excluding hydrogens is 295 g/mol. The Balaban J connectivity index is 2.12. The molecule has 0 aromatic heterocycles. The molecule has 3 aromatic carbocycles. The van der Waals surface area contributed by atoms with E-state index in [9.17, 15) is 0 Å². The summed E-state index contributed by atoms with van der Waals surface area (Å²) in [4.78, 5) is 0. The first-order valence-corrected chi connectivity index (χ1v) is 10.1. The Bertz CT molecular complexity index is 723. The largest absolute Gasteiger partial charge is 0.0622 e. The molecular formula is C22H21P. The van der Waals surface area contributed by atoms with E-state index in [4.69, 9.17) is 0 Å². The van der Waals surface area contributed by atoms with Gasteiger partial charge in [0.1, 0.15) is 0 Å². The highest BCUT2D eigenvalue weighted by molar-refractivity contribution is 7.95. The highest BCUT2D eigenvalue weighted by Crippen LogP contribution is 2.50. The molecule has 1 aliphatic rings. The van der Waals surface area contributed by atoms with E-state index >= 15 is 0 Å². The number of hydrogen-bond acceptors (Lipinski definition) is 0. The van der Waals surface area contributed by atoms with Gasteiger partial charge >= 0.3 is 0 Å². The summed E-state index contributed by atoms with van der Waals surface area (Å²) in [5.74, 6) is 0. The van der Waals surface area contributed by atoms with Gasteiger partial charge in [0.15, 0.2) is 0 Å². The Morgan fingerprint density at radius 3 is 1.09 bits per heavy atom. The van der Waals surface area contributed by atoms with Gasteiger partial charge in [-0.2, -0.15) is 0 Å². The average molecular weight is 316 g/mol. The van der Waals surface area contributed by atoms with Crippen molar-refractivity contribution in [3.63, 3.8) is 0 Å². The maximum absolute atomic E-state index is 2.33. The number of benzene rings is 3. The van der Waals surface area contributed by atoms with E-state index in [1.54, 1.807) is 5.29 Å². The SMILES string of the molecule is c1ccc(P(=C2CCC2)(c2ccccc2)c2ccccc2)cc1. The lowest BCUT2D eigenvalue weighted by Gasteiger charge is -2.36. The predicted octanol–water partition coefficient (Wildman–Crippen LogP) is 4.34. The molecule has 3 aromatic rings. The summed E-state index contributed by atoms with van der Waals surface area (Å²) in [6.07, 6.45) is 3.88. The van der Waals surface area contributed by atoms with Crippen LogP contribution in [0.2, 0.25) is 0 Å². The zero-order chi connectivity index (χ0) is 15.5. The van der Waals surface area contributed by atoms with Gasteiger partial charge in [-0.05, 0) is 42.1 Å². The van der Waals surface area contributed by atoms with Crippen LogP contribution in [0.5, 0.6) is 0 Å². The standard InChI is InChI=1S/C22H21P/c1-4-11-19(12-5-1)23(22-17-10-18-22,20-13-6-2-7-14-20)21-15-8-3-9-16-21/h1-9,11-16H,10,17-18H2. The van der Waals surface area contributed by atoms with E-state index < -0.39 is 6.89 Å². The molecule has 0 radical (unpaired) electrons. The lowest BCUT2D eigenvalue weighted by atomic mass is 10.0. The first kappa shape index (κ1) is 14.5. The maximum atomic E-state index is 2.33. The quantitative estimate of drug-likeness (QED) is 0.631. The van der Waals surface area contributed by atoms with E-state index in [0.717, 1.165) is 0 Å². The third kappa shape index (κ3) is 2.38. The molecule has 0 N–H and O–H groups in total. The van der Waals surface area contributed by atoms with Crippen molar-refractivity contribution < 1.29 is 0 Å². The van der Waals surface area contributed by atoms with Crippen molar-refractivity contribution in [1.29, 1.82) is 0 Å². The lowest BCUT2D eigenvalue weighted by molar-refractivity contribution is 0.824. The summed E-state index contributed by atoms with van der Waals surface area (Å²) in [6.45, 7) is -1.64. The molecule has 0 unspecified atom stereocenters. The Morgan fingerprint density at radius 2 is 0.826 bits per heavy atom. The van der Waals surface area contributed by atoms with Crippen molar-refractivity contribution in [1.82, 2.24) is 0 Å². The maximum Gasteiger partial charge on any atom is -0.0161 e. The Hall–Kier alpha value is -2.04. The first-order chi connectivity index (χ1) is 11.4. The van der Waals surface area contributed by atoms with Gasteiger partial charge in [0.25, 0.3) is 0 Å². The molecule has 0 amide bonds. The zero-order valence-corrected chi connectivity index (χ0v) is 14.1. The van der Waals surface area contributed by atoms with Crippen LogP contribution in [0.15, 0.2) is 91.0 Å². The van der Waals surface area contributed by atoms with Gasteiger partial charge in [-0.3, -0.25) is 0 Å². The number of rotatable bonds is 3. The fourth-order valence-electron chi connectivity index (χ4n) is 3.62. The van der Waals surface area contributed by atoms with Gasteiger partial charge in [-0.1, -0.05) is 96.3 Å². The van der Waals surface area contributed by atoms with Crippen LogP contribution < -0.4 is 15.9 Å². The minimum atomic E-state index is -1.64. The first-order valence-electron chi connectivity index (χ1n) is 8.33. The highest BCUT2D eigenvalue weighted by atomic mass is 31.2. The van der Waals surface area contributed by atoms with E-state index in [2.05, 4.69) is 91.0 Å². The van der Waals surface area contributed by atoms with E-state index in [1.165, 1.54) is 35.2 Å². The monoisotopic (exact) mass is 316 g/mol. The van der Waals surface area contributed by atoms with Gasteiger partial charge in [0.2, 0.25) is 0 Å². The van der Waals surface area contributed by atoms with Gasteiger partial charge in [-0.15, -0.1) is 0 Å². The molecule has 1 saturated carbocycles. The van der Waals surface area contributed by atoms with Crippen molar-refractivity contribution >= 4 is 28.1 Å². The molecule has 0 bridgehead atoms. The fourth-order valence-corrected chi connectivity index (χ4v) is 8.45. The van der Waals surface area contributed by atoms with Gasteiger partial charge in [-0.25, -0.2) is 0 Å². The van der Waals surface area contributed by atoms with Crippen LogP contribution in [0.25, 0.3) is 0 Å². The van der Waals surface area contributed by atoms with Crippen LogP contribution in [0.4, 0.5) is 0 Å². The highest BCUT2D eigenvalue weighted by Gasteiger charge is 2.31. The topological polar surface area (TPSA) is 0 Å². The molecule has 1 aliphatic carbocycles. The third-order valence-corrected chi connectivity index (χ3v) is 9.45. The van der Waals surface area contributed by atoms with E-state index in [-0.39, 0.29) is 0 Å². The van der Waals surface area contributed by atoms with Crippen molar-refractivity contribution in [2.45, 2.75) is 19.3 Å². The summed E-state index contributed by atoms with van der Waals surface area (Å²) >= 11 is 0. The van der Waals surface area contributed by atoms with Crippen LogP contribution in [-0.2, 0) is 0 Å². The molecule has 0 spiro atoms. The van der Waals surface area contributed by atoms with Crippen LogP contribution in [-0.4, -0.2) is 5.29 Å². The minimum Gasteiger partial charge on any atom is -0.0622 e. The molecule has 0 heterocycles. The summed E-state index contributed by atoms with van der Waals surface area (Å²) in [6, 6.07) is 33.5. The van der Waals surface area contributed by atoms with Crippen LogP contribution in [0.3, 0.4) is 0 Å². The molecule has 0 aliphatic heterocycles. The fraction of sp³-hybridized carbons (Fsp3) is 0.136. The van der Waals surface area contributed by atoms with Gasteiger partial charge in [0, 0.05) is 0 Å². The van der Waals surface area contributed by atoms with Crippen molar-refractivity contribution in [2.75, 3.05) is 0 Å². The normalized spacial score (nSPS) is 14.3. The predicted molar refractivity (Wildman–Crippen MR) is 104 cm³/mol. The van der Waals surface area contributed by atoms with E-state index in [1.807, 2.05) is 0 Å². The molecule has 1 fully saturated rings. The second kappa shape index (κ2) is 6.22. The lowest BCUT2D eigenvalue weighted by Crippen LogP contribution is -2.32. The summed E-state index contributed by atoms with van der Waals surface area (Å²) in [5.41, 5.74) is 0.